The number of benzene rings is 1. The average molecular weight is 330 g/mol. The van der Waals surface area contributed by atoms with Gasteiger partial charge in [-0.05, 0) is 24.1 Å². The van der Waals surface area contributed by atoms with E-state index < -0.39 is 6.61 Å². The molecule has 1 amide bonds. The van der Waals surface area contributed by atoms with Gasteiger partial charge in [-0.1, -0.05) is 12.1 Å². The molecule has 1 aliphatic heterocycles. The molecule has 4 nitrogen and oxygen atoms in total. The lowest BCUT2D eigenvalue weighted by molar-refractivity contribution is -0.132. The number of amides is 1. The van der Waals surface area contributed by atoms with Crippen LogP contribution in [0.1, 0.15) is 12.0 Å². The molecule has 2 rings (SSSR count). The molecule has 1 aromatic carbocycles. The number of alkyl halides is 3. The number of ether oxygens (including phenoxy) is 1. The third-order valence-corrected chi connectivity index (χ3v) is 3.88. The monoisotopic (exact) mass is 330 g/mol. The zero-order valence-corrected chi connectivity index (χ0v) is 12.9. The Kier molecular flexibility index (Phi) is 6.70. The maximum absolute atomic E-state index is 12.3. The van der Waals surface area contributed by atoms with E-state index in [2.05, 4.69) is 4.74 Å². The Morgan fingerprint density at radius 1 is 1.22 bits per heavy atom. The van der Waals surface area contributed by atoms with Gasteiger partial charge in [-0.15, -0.1) is 0 Å². The maximum atomic E-state index is 12.3. The average Bonchev–Trinajstić information content (AvgIpc) is 2.53. The van der Waals surface area contributed by atoms with Gasteiger partial charge in [-0.2, -0.15) is 8.78 Å². The number of rotatable bonds is 7. The number of halogens is 3. The van der Waals surface area contributed by atoms with Crippen LogP contribution in [-0.2, 0) is 11.2 Å². The van der Waals surface area contributed by atoms with E-state index >= 15 is 0 Å². The van der Waals surface area contributed by atoms with Crippen LogP contribution in [0.4, 0.5) is 13.2 Å². The second kappa shape index (κ2) is 8.76. The molecule has 0 aromatic heterocycles. The van der Waals surface area contributed by atoms with Crippen molar-refractivity contribution in [3.8, 4) is 5.75 Å². The quantitative estimate of drug-likeness (QED) is 0.769. The fraction of sp³-hybridized carbons (Fsp3) is 0.562. The van der Waals surface area contributed by atoms with E-state index in [1.807, 2.05) is 4.90 Å². The summed E-state index contributed by atoms with van der Waals surface area (Å²) in [6.07, 6.45) is 0.797. The van der Waals surface area contributed by atoms with Crippen molar-refractivity contribution < 1.29 is 22.7 Å². The number of nitrogens with zero attached hydrogens (tertiary/aromatic N) is 2. The smallest absolute Gasteiger partial charge is 0.387 e. The highest BCUT2D eigenvalue weighted by Gasteiger charge is 2.20. The minimum Gasteiger partial charge on any atom is -0.435 e. The van der Waals surface area contributed by atoms with Crippen LogP contribution in [0.15, 0.2) is 24.3 Å². The molecule has 0 N–H and O–H groups in total. The summed E-state index contributed by atoms with van der Waals surface area (Å²) in [6.45, 7) is -0.224. The highest BCUT2D eigenvalue weighted by Crippen LogP contribution is 2.17. The van der Waals surface area contributed by atoms with E-state index in [0.717, 1.165) is 5.56 Å². The number of carbonyl (C=O) groups excluding carboxylic acids is 1. The predicted molar refractivity (Wildman–Crippen MR) is 80.4 cm³/mol. The first-order valence-corrected chi connectivity index (χ1v) is 7.68. The van der Waals surface area contributed by atoms with Crippen molar-refractivity contribution in [2.75, 3.05) is 39.4 Å². The number of hydrogen-bond donors (Lipinski definition) is 0. The lowest BCUT2D eigenvalue weighted by atomic mass is 10.1. The second-order valence-corrected chi connectivity index (χ2v) is 5.44. The molecular weight excluding hydrogens is 309 g/mol. The summed E-state index contributed by atoms with van der Waals surface area (Å²) in [4.78, 5) is 15.9. The zero-order chi connectivity index (χ0) is 16.7. The number of hydrogen-bond acceptors (Lipinski definition) is 3. The topological polar surface area (TPSA) is 32.8 Å². The van der Waals surface area contributed by atoms with Gasteiger partial charge in [0, 0.05) is 39.1 Å². The third kappa shape index (κ3) is 5.74. The Hall–Kier alpha value is -1.76. The Morgan fingerprint density at radius 3 is 2.61 bits per heavy atom. The Labute approximate surface area is 133 Å². The van der Waals surface area contributed by atoms with Crippen LogP contribution in [0.5, 0.6) is 5.75 Å². The fourth-order valence-electron chi connectivity index (χ4n) is 2.63. The van der Waals surface area contributed by atoms with Crippen LogP contribution in [0.2, 0.25) is 0 Å². The van der Waals surface area contributed by atoms with Crippen LogP contribution < -0.4 is 4.74 Å². The maximum Gasteiger partial charge on any atom is 0.387 e. The van der Waals surface area contributed by atoms with E-state index in [4.69, 9.17) is 0 Å². The first-order valence-electron chi connectivity index (χ1n) is 7.68. The molecule has 0 atom stereocenters. The number of carbonyl (C=O) groups is 1. The van der Waals surface area contributed by atoms with Gasteiger partial charge in [-0.3, -0.25) is 9.69 Å². The first kappa shape index (κ1) is 17.6. The minimum absolute atomic E-state index is 0.0325. The van der Waals surface area contributed by atoms with Gasteiger partial charge in [-0.25, -0.2) is 4.39 Å². The van der Waals surface area contributed by atoms with Crippen LogP contribution in [0.25, 0.3) is 0 Å². The molecule has 1 fully saturated rings. The van der Waals surface area contributed by atoms with Crippen molar-refractivity contribution in [2.45, 2.75) is 19.5 Å². The van der Waals surface area contributed by atoms with E-state index in [-0.39, 0.29) is 18.3 Å². The summed E-state index contributed by atoms with van der Waals surface area (Å²) < 4.78 is 41.0. The highest BCUT2D eigenvalue weighted by atomic mass is 19.3. The summed E-state index contributed by atoms with van der Waals surface area (Å²) in [5.41, 5.74) is 0.785. The van der Waals surface area contributed by atoms with Crippen molar-refractivity contribution >= 4 is 5.91 Å². The first-order chi connectivity index (χ1) is 11.1. The standard InChI is InChI=1S/C16H21F3N2O2/c17-6-7-20-8-10-21(11-9-20)15(22)5-4-13-2-1-3-14(12-13)23-16(18)19/h1-3,12,16H,4-11H2. The molecule has 128 valence electrons. The van der Waals surface area contributed by atoms with Crippen LogP contribution in [-0.4, -0.2) is 61.7 Å². The van der Waals surface area contributed by atoms with Crippen molar-refractivity contribution in [3.63, 3.8) is 0 Å². The summed E-state index contributed by atoms with van der Waals surface area (Å²) in [6, 6.07) is 6.40. The molecule has 0 radical (unpaired) electrons. The number of piperazine rings is 1. The summed E-state index contributed by atoms with van der Waals surface area (Å²) in [5.74, 6) is 0.134. The molecule has 1 aromatic rings. The summed E-state index contributed by atoms with van der Waals surface area (Å²) in [7, 11) is 0. The van der Waals surface area contributed by atoms with E-state index in [9.17, 15) is 18.0 Å². The Balaban J connectivity index is 1.78. The Morgan fingerprint density at radius 2 is 1.96 bits per heavy atom. The molecule has 7 heteroatoms. The van der Waals surface area contributed by atoms with Crippen LogP contribution >= 0.6 is 0 Å². The SMILES string of the molecule is O=C(CCc1cccc(OC(F)F)c1)N1CCN(CCF)CC1. The second-order valence-electron chi connectivity index (χ2n) is 5.44. The fourth-order valence-corrected chi connectivity index (χ4v) is 2.63. The lowest BCUT2D eigenvalue weighted by Crippen LogP contribution is -2.49. The predicted octanol–water partition coefficient (Wildman–Crippen LogP) is 2.33. The molecule has 1 heterocycles. The van der Waals surface area contributed by atoms with Gasteiger partial charge >= 0.3 is 6.61 Å². The molecule has 1 aliphatic rings. The van der Waals surface area contributed by atoms with E-state index in [1.165, 1.54) is 12.1 Å². The molecule has 0 unspecified atom stereocenters. The van der Waals surface area contributed by atoms with Gasteiger partial charge in [0.15, 0.2) is 0 Å². The number of aryl methyl sites for hydroxylation is 1. The van der Waals surface area contributed by atoms with Gasteiger partial charge in [0.05, 0.1) is 0 Å². The summed E-state index contributed by atoms with van der Waals surface area (Å²) in [5, 5.41) is 0. The van der Waals surface area contributed by atoms with Gasteiger partial charge in [0.1, 0.15) is 12.4 Å². The van der Waals surface area contributed by atoms with Crippen molar-refractivity contribution in [2.24, 2.45) is 0 Å². The van der Waals surface area contributed by atoms with Crippen LogP contribution in [0.3, 0.4) is 0 Å². The molecular formula is C16H21F3N2O2. The van der Waals surface area contributed by atoms with Gasteiger partial charge < -0.3 is 9.64 Å². The molecule has 0 saturated carbocycles. The molecule has 23 heavy (non-hydrogen) atoms. The highest BCUT2D eigenvalue weighted by molar-refractivity contribution is 5.76. The zero-order valence-electron chi connectivity index (χ0n) is 12.9. The van der Waals surface area contributed by atoms with Gasteiger partial charge in [0.2, 0.25) is 5.91 Å². The molecule has 0 spiro atoms. The van der Waals surface area contributed by atoms with E-state index in [0.29, 0.717) is 45.6 Å². The summed E-state index contributed by atoms with van der Waals surface area (Å²) >= 11 is 0. The minimum atomic E-state index is -2.85. The van der Waals surface area contributed by atoms with Gasteiger partial charge in [0.25, 0.3) is 0 Å². The largest absolute Gasteiger partial charge is 0.435 e. The third-order valence-electron chi connectivity index (χ3n) is 3.88. The Bertz CT molecular complexity index is 506. The molecule has 0 bridgehead atoms. The molecule has 1 saturated heterocycles. The molecule has 0 aliphatic carbocycles. The van der Waals surface area contributed by atoms with Crippen molar-refractivity contribution in [1.82, 2.24) is 9.80 Å². The van der Waals surface area contributed by atoms with E-state index in [1.54, 1.807) is 17.0 Å². The van der Waals surface area contributed by atoms with Crippen molar-refractivity contribution in [1.29, 1.82) is 0 Å². The van der Waals surface area contributed by atoms with Crippen LogP contribution in [0, 0.1) is 0 Å². The normalized spacial score (nSPS) is 15.9. The lowest BCUT2D eigenvalue weighted by Gasteiger charge is -2.34. The van der Waals surface area contributed by atoms with Crippen molar-refractivity contribution in [3.05, 3.63) is 29.8 Å².